The van der Waals surface area contributed by atoms with Crippen molar-refractivity contribution in [3.05, 3.63) is 70.5 Å². The van der Waals surface area contributed by atoms with E-state index in [1.807, 2.05) is 36.4 Å². The molecule has 0 N–H and O–H groups in total. The second-order valence-electron chi connectivity index (χ2n) is 7.04. The predicted molar refractivity (Wildman–Crippen MR) is 106 cm³/mol. The van der Waals surface area contributed by atoms with Gasteiger partial charge in [0.25, 0.3) is 0 Å². The molecule has 0 aliphatic heterocycles. The maximum atomic E-state index is 12.7. The summed E-state index contributed by atoms with van der Waals surface area (Å²) in [5.41, 5.74) is 4.06. The molecule has 1 atom stereocenters. The molecule has 0 radical (unpaired) electrons. The number of carbonyl (C=O) groups excluding carboxylic acids is 1. The van der Waals surface area contributed by atoms with Crippen LogP contribution < -0.4 is 0 Å². The minimum absolute atomic E-state index is 0.0536. The van der Waals surface area contributed by atoms with Crippen molar-refractivity contribution in [2.24, 2.45) is 0 Å². The Morgan fingerprint density at radius 3 is 2.90 bits per heavy atom. The monoisotopic (exact) mass is 408 g/mol. The summed E-state index contributed by atoms with van der Waals surface area (Å²) in [6, 6.07) is 11.2. The van der Waals surface area contributed by atoms with Gasteiger partial charge in [-0.2, -0.15) is 5.10 Å². The van der Waals surface area contributed by atoms with E-state index in [0.29, 0.717) is 41.5 Å². The Labute approximate surface area is 171 Å². The van der Waals surface area contributed by atoms with Crippen LogP contribution in [-0.4, -0.2) is 32.7 Å². The third-order valence-corrected chi connectivity index (χ3v) is 5.42. The molecule has 4 aromatic rings. The quantitative estimate of drug-likeness (QED) is 0.505. The number of hydrogen-bond acceptors (Lipinski definition) is 6. The van der Waals surface area contributed by atoms with E-state index in [9.17, 15) is 4.79 Å². The first-order valence-electron chi connectivity index (χ1n) is 9.24. The van der Waals surface area contributed by atoms with Crippen LogP contribution in [0.3, 0.4) is 0 Å². The number of fused-ring (bicyclic) bond motifs is 3. The molecular formula is C21H17ClN4O3. The number of furan rings is 1. The van der Waals surface area contributed by atoms with E-state index in [1.54, 1.807) is 17.9 Å². The van der Waals surface area contributed by atoms with Gasteiger partial charge in [-0.15, -0.1) is 10.2 Å². The number of halogens is 1. The van der Waals surface area contributed by atoms with Crippen LogP contribution in [0.4, 0.5) is 0 Å². The van der Waals surface area contributed by atoms with Gasteiger partial charge in [0.2, 0.25) is 0 Å². The number of nitrogens with zero attached hydrogens (tertiary/aromatic N) is 4. The number of ketones is 1. The maximum absolute atomic E-state index is 12.7. The summed E-state index contributed by atoms with van der Waals surface area (Å²) in [6.07, 6.45) is 2.55. The van der Waals surface area contributed by atoms with E-state index in [1.165, 1.54) is 0 Å². The number of rotatable bonds is 4. The molecule has 7 nitrogen and oxygen atoms in total. The lowest BCUT2D eigenvalue weighted by atomic mass is 9.87. The van der Waals surface area contributed by atoms with Crippen molar-refractivity contribution in [3.8, 4) is 11.1 Å². The zero-order chi connectivity index (χ0) is 20.0. The first-order chi connectivity index (χ1) is 14.2. The van der Waals surface area contributed by atoms with Crippen molar-refractivity contribution in [1.82, 2.24) is 19.8 Å². The van der Waals surface area contributed by atoms with Crippen molar-refractivity contribution in [2.75, 3.05) is 7.11 Å². The average molecular weight is 409 g/mol. The number of methoxy groups -OCH3 is 1. The molecule has 8 heteroatoms. The van der Waals surface area contributed by atoms with Crippen molar-refractivity contribution in [3.63, 3.8) is 0 Å². The first-order valence-corrected chi connectivity index (χ1v) is 9.62. The Balaban J connectivity index is 1.72. The van der Waals surface area contributed by atoms with Gasteiger partial charge in [0.05, 0.1) is 29.8 Å². The molecule has 5 rings (SSSR count). The second-order valence-corrected chi connectivity index (χ2v) is 7.48. The van der Waals surface area contributed by atoms with Crippen LogP contribution in [0, 0.1) is 0 Å². The molecule has 0 spiro atoms. The molecule has 1 aliphatic rings. The first kappa shape index (κ1) is 18.0. The topological polar surface area (TPSA) is 82.5 Å². The van der Waals surface area contributed by atoms with Crippen LogP contribution in [0.15, 0.2) is 47.1 Å². The van der Waals surface area contributed by atoms with Gasteiger partial charge in [-0.05, 0) is 29.8 Å². The molecule has 0 bridgehead atoms. The molecule has 1 aromatic carbocycles. The van der Waals surface area contributed by atoms with Gasteiger partial charge in [0, 0.05) is 30.9 Å². The summed E-state index contributed by atoms with van der Waals surface area (Å²) in [7, 11) is 1.61. The Hall–Kier alpha value is -3.03. The van der Waals surface area contributed by atoms with Crippen molar-refractivity contribution in [1.29, 1.82) is 0 Å². The van der Waals surface area contributed by atoms with E-state index >= 15 is 0 Å². The number of hydrogen-bond donors (Lipinski definition) is 0. The number of benzene rings is 1. The van der Waals surface area contributed by atoms with Crippen LogP contribution in [-0.2, 0) is 17.8 Å². The maximum Gasteiger partial charge on any atom is 0.185 e. The van der Waals surface area contributed by atoms with Crippen LogP contribution in [0.2, 0.25) is 5.02 Å². The third-order valence-electron chi connectivity index (χ3n) is 5.18. The van der Waals surface area contributed by atoms with E-state index in [0.717, 1.165) is 22.6 Å². The van der Waals surface area contributed by atoms with Gasteiger partial charge in [-0.25, -0.2) is 4.52 Å². The Morgan fingerprint density at radius 2 is 2.14 bits per heavy atom. The van der Waals surface area contributed by atoms with E-state index in [2.05, 4.69) is 10.2 Å². The predicted octanol–water partition coefficient (Wildman–Crippen LogP) is 4.10. The highest BCUT2D eigenvalue weighted by Crippen LogP contribution is 2.35. The van der Waals surface area contributed by atoms with Crippen LogP contribution in [0.25, 0.3) is 16.8 Å². The standard InChI is InChI=1S/C21H17ClN4O3/c1-28-11-15-19(12-4-2-5-14(22)8-12)21-24-23-20-16(26(21)25-15)9-13(10-17(20)27)18-6-3-7-29-18/h2-8,13H,9-11H2,1H3/t13-/m0/s1. The summed E-state index contributed by atoms with van der Waals surface area (Å²) < 4.78 is 12.6. The molecule has 0 saturated carbocycles. The summed E-state index contributed by atoms with van der Waals surface area (Å²) >= 11 is 6.20. The normalized spacial score (nSPS) is 16.3. The van der Waals surface area contributed by atoms with Crippen molar-refractivity contribution < 1.29 is 13.9 Å². The van der Waals surface area contributed by atoms with Crippen molar-refractivity contribution in [2.45, 2.75) is 25.4 Å². The number of Topliss-reactive ketones (excluding diaryl/α,β-unsaturated/α-hetero) is 1. The van der Waals surface area contributed by atoms with Crippen LogP contribution in [0.5, 0.6) is 0 Å². The lowest BCUT2D eigenvalue weighted by Gasteiger charge is -2.21. The van der Waals surface area contributed by atoms with Gasteiger partial charge in [-0.1, -0.05) is 23.7 Å². The highest BCUT2D eigenvalue weighted by molar-refractivity contribution is 6.30. The van der Waals surface area contributed by atoms with E-state index in [-0.39, 0.29) is 11.7 Å². The van der Waals surface area contributed by atoms with Gasteiger partial charge in [0.15, 0.2) is 17.1 Å². The Morgan fingerprint density at radius 1 is 1.24 bits per heavy atom. The van der Waals surface area contributed by atoms with Crippen molar-refractivity contribution >= 4 is 23.0 Å². The number of ether oxygens (including phenoxy) is 1. The van der Waals surface area contributed by atoms with E-state index in [4.69, 9.17) is 25.9 Å². The smallest absolute Gasteiger partial charge is 0.185 e. The highest BCUT2D eigenvalue weighted by atomic mass is 35.5. The minimum Gasteiger partial charge on any atom is -0.469 e. The zero-order valence-electron chi connectivity index (χ0n) is 15.6. The lowest BCUT2D eigenvalue weighted by Crippen LogP contribution is -2.24. The fourth-order valence-corrected chi connectivity index (χ4v) is 4.11. The number of aromatic nitrogens is 4. The lowest BCUT2D eigenvalue weighted by molar-refractivity contribution is 0.0951. The third kappa shape index (κ3) is 3.03. The Bertz CT molecular complexity index is 1220. The number of carbonyl (C=O) groups is 1. The molecule has 3 aromatic heterocycles. The Kier molecular flexibility index (Phi) is 4.41. The molecule has 1 aliphatic carbocycles. The summed E-state index contributed by atoms with van der Waals surface area (Å²) in [5.74, 6) is 0.672. The fourth-order valence-electron chi connectivity index (χ4n) is 3.92. The van der Waals surface area contributed by atoms with E-state index < -0.39 is 0 Å². The minimum atomic E-state index is -0.0600. The van der Waals surface area contributed by atoms with Crippen LogP contribution >= 0.6 is 11.6 Å². The molecule has 0 fully saturated rings. The second kappa shape index (κ2) is 7.09. The van der Waals surface area contributed by atoms with Gasteiger partial charge < -0.3 is 9.15 Å². The molecule has 0 unspecified atom stereocenters. The van der Waals surface area contributed by atoms with Gasteiger partial charge in [-0.3, -0.25) is 4.79 Å². The molecule has 0 amide bonds. The summed E-state index contributed by atoms with van der Waals surface area (Å²) in [6.45, 7) is 0.301. The summed E-state index contributed by atoms with van der Waals surface area (Å²) in [4.78, 5) is 12.7. The van der Waals surface area contributed by atoms with Crippen LogP contribution in [0.1, 0.15) is 40.0 Å². The summed E-state index contributed by atoms with van der Waals surface area (Å²) in [5, 5.41) is 14.0. The molecule has 0 saturated heterocycles. The average Bonchev–Trinajstić information content (AvgIpc) is 3.36. The molecule has 3 heterocycles. The molecular weight excluding hydrogens is 392 g/mol. The SMILES string of the molecule is COCc1nn2c3c(nnc2c1-c1cccc(Cl)c1)C(=O)C[C@@H](c1ccco1)C3. The largest absolute Gasteiger partial charge is 0.469 e. The molecule has 29 heavy (non-hydrogen) atoms. The van der Waals surface area contributed by atoms with Gasteiger partial charge in [0.1, 0.15) is 5.76 Å². The highest BCUT2D eigenvalue weighted by Gasteiger charge is 2.33. The zero-order valence-corrected chi connectivity index (χ0v) is 16.4. The fraction of sp³-hybridized carbons (Fsp3) is 0.238. The van der Waals surface area contributed by atoms with Gasteiger partial charge >= 0.3 is 0 Å². The molecule has 146 valence electrons.